The Morgan fingerprint density at radius 2 is 1.81 bits per heavy atom. The molecule has 2 nitrogen and oxygen atoms in total. The van der Waals surface area contributed by atoms with E-state index in [0.717, 1.165) is 17.5 Å². The molecule has 3 rings (SSSR count). The Balaban J connectivity index is 2.20. The van der Waals surface area contributed by atoms with Gasteiger partial charge in [-0.15, -0.1) is 0 Å². The quantitative estimate of drug-likeness (QED) is 0.745. The first-order valence-corrected chi connectivity index (χ1v) is 7.02. The Morgan fingerprint density at radius 1 is 1.10 bits per heavy atom. The molecule has 0 saturated heterocycles. The predicted molar refractivity (Wildman–Crippen MR) is 79.9 cm³/mol. The molecule has 1 heterocycles. The first kappa shape index (κ1) is 14.1. The number of hydrogen-bond acceptors (Lipinski definition) is 2. The number of benzene rings is 2. The molecule has 0 saturated carbocycles. The van der Waals surface area contributed by atoms with E-state index in [0.29, 0.717) is 10.9 Å². The zero-order valence-electron chi connectivity index (χ0n) is 10.7. The van der Waals surface area contributed by atoms with E-state index in [1.54, 1.807) is 30.6 Å². The number of nitrogens with zero attached hydrogens (tertiary/aromatic N) is 1. The minimum absolute atomic E-state index is 0.288. The lowest BCUT2D eigenvalue weighted by Crippen LogP contribution is -2.06. The number of aliphatic hydroxyl groups is 1. The summed E-state index contributed by atoms with van der Waals surface area (Å²) in [6, 6.07) is 9.17. The maximum atomic E-state index is 14.0. The van der Waals surface area contributed by atoms with Crippen molar-refractivity contribution in [3.8, 4) is 0 Å². The molecule has 0 aliphatic carbocycles. The molecular formula is C16H10BrF2NO. The molecule has 0 fully saturated rings. The lowest BCUT2D eigenvalue weighted by Gasteiger charge is -2.16. The number of pyridine rings is 1. The maximum Gasteiger partial charge on any atom is 0.133 e. The Labute approximate surface area is 128 Å². The van der Waals surface area contributed by atoms with Crippen LogP contribution in [0.4, 0.5) is 8.78 Å². The van der Waals surface area contributed by atoms with Gasteiger partial charge in [-0.3, -0.25) is 4.98 Å². The van der Waals surface area contributed by atoms with Crippen molar-refractivity contribution in [3.05, 3.63) is 76.0 Å². The van der Waals surface area contributed by atoms with E-state index in [1.807, 2.05) is 6.07 Å². The van der Waals surface area contributed by atoms with Crippen LogP contribution in [0.3, 0.4) is 0 Å². The predicted octanol–water partition coefficient (Wildman–Crippen LogP) is 4.36. The number of rotatable bonds is 2. The molecule has 0 aliphatic heterocycles. The fourth-order valence-electron chi connectivity index (χ4n) is 2.36. The second-order valence-corrected chi connectivity index (χ2v) is 5.55. The summed E-state index contributed by atoms with van der Waals surface area (Å²) in [6.07, 6.45) is 1.83. The van der Waals surface area contributed by atoms with Crippen LogP contribution in [-0.2, 0) is 0 Å². The third kappa shape index (κ3) is 2.54. The summed E-state index contributed by atoms with van der Waals surface area (Å²) in [5.74, 6) is -1.58. The van der Waals surface area contributed by atoms with Gasteiger partial charge in [-0.05, 0) is 29.1 Å². The van der Waals surface area contributed by atoms with Crippen molar-refractivity contribution >= 4 is 26.7 Å². The van der Waals surface area contributed by atoms with Gasteiger partial charge < -0.3 is 5.11 Å². The molecule has 1 aromatic heterocycles. The van der Waals surface area contributed by atoms with Gasteiger partial charge in [-0.1, -0.05) is 34.1 Å². The molecule has 5 heteroatoms. The normalized spacial score (nSPS) is 12.6. The molecule has 1 unspecified atom stereocenters. The van der Waals surface area contributed by atoms with Gasteiger partial charge in [-0.2, -0.15) is 0 Å². The Kier molecular flexibility index (Phi) is 3.69. The largest absolute Gasteiger partial charge is 0.383 e. The molecule has 3 aromatic rings. The molecule has 21 heavy (non-hydrogen) atoms. The second-order valence-electron chi connectivity index (χ2n) is 4.63. The second kappa shape index (κ2) is 5.50. The number of halogens is 3. The number of fused-ring (bicyclic) bond motifs is 1. The number of aliphatic hydroxyl groups excluding tert-OH is 1. The van der Waals surface area contributed by atoms with Crippen LogP contribution in [0.1, 0.15) is 17.2 Å². The van der Waals surface area contributed by atoms with Crippen molar-refractivity contribution < 1.29 is 13.9 Å². The van der Waals surface area contributed by atoms with Gasteiger partial charge in [0.2, 0.25) is 0 Å². The third-order valence-corrected chi connectivity index (χ3v) is 3.78. The van der Waals surface area contributed by atoms with Gasteiger partial charge in [0.15, 0.2) is 0 Å². The minimum Gasteiger partial charge on any atom is -0.383 e. The van der Waals surface area contributed by atoms with E-state index < -0.39 is 17.7 Å². The van der Waals surface area contributed by atoms with E-state index in [9.17, 15) is 13.9 Å². The van der Waals surface area contributed by atoms with Crippen LogP contribution in [-0.4, -0.2) is 10.1 Å². The van der Waals surface area contributed by atoms with Crippen LogP contribution in [0.15, 0.2) is 53.3 Å². The summed E-state index contributed by atoms with van der Waals surface area (Å²) < 4.78 is 28.3. The van der Waals surface area contributed by atoms with Gasteiger partial charge >= 0.3 is 0 Å². The number of hydrogen-bond donors (Lipinski definition) is 1. The molecule has 2 aromatic carbocycles. The first-order chi connectivity index (χ1) is 10.1. The minimum atomic E-state index is -1.39. The fraction of sp³-hybridized carbons (Fsp3) is 0.0625. The maximum absolute atomic E-state index is 14.0. The van der Waals surface area contributed by atoms with Crippen LogP contribution in [0, 0.1) is 11.6 Å². The third-order valence-electron chi connectivity index (χ3n) is 3.33. The summed E-state index contributed by atoms with van der Waals surface area (Å²) in [6.45, 7) is 0. The Hall–Kier alpha value is -1.85. The highest BCUT2D eigenvalue weighted by atomic mass is 79.9. The summed E-state index contributed by atoms with van der Waals surface area (Å²) >= 11 is 3.02. The van der Waals surface area contributed by atoms with Gasteiger partial charge in [0.1, 0.15) is 17.7 Å². The van der Waals surface area contributed by atoms with E-state index >= 15 is 0 Å². The van der Waals surface area contributed by atoms with Crippen molar-refractivity contribution in [2.24, 2.45) is 0 Å². The monoisotopic (exact) mass is 349 g/mol. The van der Waals surface area contributed by atoms with Gasteiger partial charge in [0.25, 0.3) is 0 Å². The van der Waals surface area contributed by atoms with Crippen molar-refractivity contribution in [1.29, 1.82) is 0 Å². The Bertz CT molecular complexity index is 794. The fourth-order valence-corrected chi connectivity index (χ4v) is 2.76. The summed E-state index contributed by atoms with van der Waals surface area (Å²) in [4.78, 5) is 4.00. The van der Waals surface area contributed by atoms with Crippen molar-refractivity contribution in [2.45, 2.75) is 6.10 Å². The van der Waals surface area contributed by atoms with E-state index in [-0.39, 0.29) is 10.0 Å². The Morgan fingerprint density at radius 3 is 2.52 bits per heavy atom. The lowest BCUT2D eigenvalue weighted by atomic mass is 9.96. The molecular weight excluding hydrogens is 340 g/mol. The van der Waals surface area contributed by atoms with Gasteiger partial charge in [0.05, 0.1) is 5.56 Å². The van der Waals surface area contributed by atoms with Gasteiger partial charge in [-0.25, -0.2) is 8.78 Å². The zero-order chi connectivity index (χ0) is 15.0. The molecule has 0 radical (unpaired) electrons. The highest BCUT2D eigenvalue weighted by Crippen LogP contribution is 2.32. The van der Waals surface area contributed by atoms with Crippen molar-refractivity contribution in [1.82, 2.24) is 4.98 Å². The average molecular weight is 350 g/mol. The van der Waals surface area contributed by atoms with Crippen molar-refractivity contribution in [3.63, 3.8) is 0 Å². The lowest BCUT2D eigenvalue weighted by molar-refractivity contribution is 0.210. The molecule has 1 atom stereocenters. The van der Waals surface area contributed by atoms with Crippen LogP contribution in [0.25, 0.3) is 10.8 Å². The molecule has 0 bridgehead atoms. The van der Waals surface area contributed by atoms with E-state index in [1.165, 1.54) is 0 Å². The van der Waals surface area contributed by atoms with Crippen LogP contribution in [0.2, 0.25) is 0 Å². The summed E-state index contributed by atoms with van der Waals surface area (Å²) in [7, 11) is 0. The summed E-state index contributed by atoms with van der Waals surface area (Å²) in [5, 5.41) is 11.9. The highest BCUT2D eigenvalue weighted by molar-refractivity contribution is 9.10. The average Bonchev–Trinajstić information content (AvgIpc) is 2.45. The highest BCUT2D eigenvalue weighted by Gasteiger charge is 2.22. The van der Waals surface area contributed by atoms with E-state index in [2.05, 4.69) is 20.9 Å². The smallest absolute Gasteiger partial charge is 0.133 e. The van der Waals surface area contributed by atoms with Crippen LogP contribution >= 0.6 is 15.9 Å². The van der Waals surface area contributed by atoms with Crippen LogP contribution < -0.4 is 0 Å². The zero-order valence-corrected chi connectivity index (χ0v) is 12.3. The number of aromatic nitrogens is 1. The van der Waals surface area contributed by atoms with Gasteiger partial charge in [0, 0.05) is 22.3 Å². The molecule has 106 valence electrons. The molecule has 0 spiro atoms. The van der Waals surface area contributed by atoms with Crippen LogP contribution in [0.5, 0.6) is 0 Å². The van der Waals surface area contributed by atoms with Crippen molar-refractivity contribution in [2.75, 3.05) is 0 Å². The summed E-state index contributed by atoms with van der Waals surface area (Å²) in [5.41, 5.74) is 0.0811. The molecule has 1 N–H and O–H groups in total. The topological polar surface area (TPSA) is 33.1 Å². The standard InChI is InChI=1S/C16H10BrF2NO/c17-10-6-13(18)15(14(19)7-10)16(21)12-3-1-2-9-8-20-5-4-11(9)12/h1-8,16,21H. The SMILES string of the molecule is OC(c1c(F)cc(Br)cc1F)c1cccc2cnccc12. The molecule has 0 amide bonds. The van der Waals surface area contributed by atoms with E-state index in [4.69, 9.17) is 0 Å². The first-order valence-electron chi connectivity index (χ1n) is 6.23. The molecule has 0 aliphatic rings.